The molecule has 0 aliphatic rings. The van der Waals surface area contributed by atoms with Crippen LogP contribution in [0, 0.1) is 0 Å². The second kappa shape index (κ2) is 6.66. The minimum atomic E-state index is -0.125. The van der Waals surface area contributed by atoms with E-state index in [0.717, 1.165) is 29.1 Å². The van der Waals surface area contributed by atoms with E-state index in [0.29, 0.717) is 10.6 Å². The summed E-state index contributed by atoms with van der Waals surface area (Å²) in [7, 11) is 1.63. The van der Waals surface area contributed by atoms with E-state index >= 15 is 0 Å². The van der Waals surface area contributed by atoms with Crippen molar-refractivity contribution in [3.63, 3.8) is 0 Å². The Labute approximate surface area is 138 Å². The maximum absolute atomic E-state index is 12.4. The average Bonchev–Trinajstić information content (AvgIpc) is 3.24. The van der Waals surface area contributed by atoms with Crippen molar-refractivity contribution in [2.24, 2.45) is 0 Å². The van der Waals surface area contributed by atoms with Crippen molar-refractivity contribution >= 4 is 22.9 Å². The first-order valence-corrected chi connectivity index (χ1v) is 8.17. The van der Waals surface area contributed by atoms with E-state index < -0.39 is 0 Å². The number of aromatic nitrogens is 2. The van der Waals surface area contributed by atoms with Crippen LogP contribution in [0.3, 0.4) is 0 Å². The molecule has 0 saturated carbocycles. The number of aryl methyl sites for hydroxylation is 1. The number of methoxy groups -OCH3 is 1. The molecule has 118 valence electrons. The predicted molar refractivity (Wildman–Crippen MR) is 92.2 cm³/mol. The molecule has 0 radical (unpaired) electrons. The van der Waals surface area contributed by atoms with Crippen LogP contribution < -0.4 is 10.1 Å². The van der Waals surface area contributed by atoms with Crippen molar-refractivity contribution in [1.82, 2.24) is 10.2 Å². The molecule has 2 aromatic heterocycles. The molecule has 0 bridgehead atoms. The van der Waals surface area contributed by atoms with Crippen LogP contribution >= 0.6 is 11.3 Å². The molecule has 0 aliphatic carbocycles. The van der Waals surface area contributed by atoms with Crippen LogP contribution in [0.1, 0.15) is 22.3 Å². The normalized spacial score (nSPS) is 10.5. The van der Waals surface area contributed by atoms with Gasteiger partial charge in [0, 0.05) is 5.56 Å². The second-order valence-electron chi connectivity index (χ2n) is 4.94. The van der Waals surface area contributed by atoms with E-state index in [1.165, 1.54) is 11.3 Å². The van der Waals surface area contributed by atoms with Gasteiger partial charge in [-0.3, -0.25) is 9.89 Å². The van der Waals surface area contributed by atoms with Crippen LogP contribution in [0.2, 0.25) is 0 Å². The van der Waals surface area contributed by atoms with E-state index in [-0.39, 0.29) is 5.91 Å². The number of hydrogen-bond acceptors (Lipinski definition) is 4. The van der Waals surface area contributed by atoms with Gasteiger partial charge in [-0.2, -0.15) is 5.10 Å². The molecule has 6 heteroatoms. The Morgan fingerprint density at radius 2 is 2.22 bits per heavy atom. The molecule has 2 N–H and O–H groups in total. The third-order valence-electron chi connectivity index (χ3n) is 3.52. The zero-order valence-electron chi connectivity index (χ0n) is 12.9. The van der Waals surface area contributed by atoms with Gasteiger partial charge < -0.3 is 10.1 Å². The summed E-state index contributed by atoms with van der Waals surface area (Å²) in [6, 6.07) is 11.3. The van der Waals surface area contributed by atoms with Crippen molar-refractivity contribution in [1.29, 1.82) is 0 Å². The van der Waals surface area contributed by atoms with Crippen molar-refractivity contribution in [2.45, 2.75) is 13.3 Å². The zero-order chi connectivity index (χ0) is 16.2. The molecule has 2 heterocycles. The van der Waals surface area contributed by atoms with Gasteiger partial charge in [0.2, 0.25) is 0 Å². The average molecular weight is 327 g/mol. The molecule has 3 rings (SSSR count). The van der Waals surface area contributed by atoms with Crippen molar-refractivity contribution in [3.05, 3.63) is 52.3 Å². The van der Waals surface area contributed by atoms with Crippen LogP contribution in [0.4, 0.5) is 5.69 Å². The van der Waals surface area contributed by atoms with E-state index in [2.05, 4.69) is 15.5 Å². The standard InChI is InChI=1S/C17H17N3O2S/c1-3-13-16(18-17(21)14-8-5-9-23-14)15(20-19-13)11-6-4-7-12(10-11)22-2/h4-10H,3H2,1-2H3,(H,18,21)(H,19,20). The molecule has 3 aromatic rings. The Balaban J connectivity index is 1.98. The van der Waals surface area contributed by atoms with Gasteiger partial charge in [-0.05, 0) is 30.0 Å². The number of ether oxygens (including phenoxy) is 1. The lowest BCUT2D eigenvalue weighted by Crippen LogP contribution is -2.11. The third-order valence-corrected chi connectivity index (χ3v) is 4.39. The van der Waals surface area contributed by atoms with E-state index in [1.807, 2.05) is 42.6 Å². The van der Waals surface area contributed by atoms with Crippen LogP contribution in [-0.2, 0) is 6.42 Å². The number of amides is 1. The van der Waals surface area contributed by atoms with Crippen molar-refractivity contribution in [2.75, 3.05) is 12.4 Å². The smallest absolute Gasteiger partial charge is 0.265 e. The molecule has 0 aliphatic heterocycles. The molecule has 0 fully saturated rings. The fourth-order valence-corrected chi connectivity index (χ4v) is 2.95. The molecule has 1 amide bonds. The predicted octanol–water partition coefficient (Wildman–Crippen LogP) is 3.96. The maximum Gasteiger partial charge on any atom is 0.265 e. The first-order chi connectivity index (χ1) is 11.2. The number of H-pyrrole nitrogens is 1. The number of rotatable bonds is 5. The quantitative estimate of drug-likeness (QED) is 0.745. The number of nitrogens with zero attached hydrogens (tertiary/aromatic N) is 1. The van der Waals surface area contributed by atoms with Gasteiger partial charge in [0.25, 0.3) is 5.91 Å². The maximum atomic E-state index is 12.4. The van der Waals surface area contributed by atoms with Gasteiger partial charge in [0.05, 0.1) is 23.4 Å². The summed E-state index contributed by atoms with van der Waals surface area (Å²) in [5.41, 5.74) is 3.22. The Morgan fingerprint density at radius 3 is 2.91 bits per heavy atom. The number of hydrogen-bond donors (Lipinski definition) is 2. The zero-order valence-corrected chi connectivity index (χ0v) is 13.7. The summed E-state index contributed by atoms with van der Waals surface area (Å²) < 4.78 is 5.27. The highest BCUT2D eigenvalue weighted by atomic mass is 32.1. The first-order valence-electron chi connectivity index (χ1n) is 7.29. The largest absolute Gasteiger partial charge is 0.497 e. The van der Waals surface area contributed by atoms with Crippen LogP contribution in [-0.4, -0.2) is 23.2 Å². The Bertz CT molecular complexity index is 809. The van der Waals surface area contributed by atoms with Gasteiger partial charge in [0.15, 0.2) is 0 Å². The molecule has 0 spiro atoms. The minimum Gasteiger partial charge on any atom is -0.497 e. The van der Waals surface area contributed by atoms with Gasteiger partial charge in [0.1, 0.15) is 11.4 Å². The number of anilines is 1. The highest BCUT2D eigenvalue weighted by Gasteiger charge is 2.18. The number of carbonyl (C=O) groups is 1. The topological polar surface area (TPSA) is 67.0 Å². The third kappa shape index (κ3) is 3.12. The molecule has 23 heavy (non-hydrogen) atoms. The molecule has 5 nitrogen and oxygen atoms in total. The second-order valence-corrected chi connectivity index (χ2v) is 5.89. The molecule has 0 atom stereocenters. The number of carbonyl (C=O) groups excluding carboxylic acids is 1. The first kappa shape index (κ1) is 15.3. The Morgan fingerprint density at radius 1 is 1.35 bits per heavy atom. The number of nitrogens with one attached hydrogen (secondary N) is 2. The van der Waals surface area contributed by atoms with Crippen molar-refractivity contribution in [3.8, 4) is 17.0 Å². The molecule has 0 saturated heterocycles. The molecule has 1 aromatic carbocycles. The molecular formula is C17H17N3O2S. The van der Waals surface area contributed by atoms with Crippen molar-refractivity contribution < 1.29 is 9.53 Å². The summed E-state index contributed by atoms with van der Waals surface area (Å²) in [5.74, 6) is 0.624. The Kier molecular flexibility index (Phi) is 4.43. The van der Waals surface area contributed by atoms with Crippen LogP contribution in [0.25, 0.3) is 11.3 Å². The molecule has 0 unspecified atom stereocenters. The van der Waals surface area contributed by atoms with Gasteiger partial charge in [-0.25, -0.2) is 0 Å². The summed E-state index contributed by atoms with van der Waals surface area (Å²) in [6.45, 7) is 2.02. The number of benzene rings is 1. The fraction of sp³-hybridized carbons (Fsp3) is 0.176. The van der Waals surface area contributed by atoms with E-state index in [9.17, 15) is 4.79 Å². The SMILES string of the molecule is CCc1[nH]nc(-c2cccc(OC)c2)c1NC(=O)c1cccs1. The van der Waals surface area contributed by atoms with E-state index in [1.54, 1.807) is 13.2 Å². The van der Waals surface area contributed by atoms with Crippen LogP contribution in [0.15, 0.2) is 41.8 Å². The summed E-state index contributed by atoms with van der Waals surface area (Å²) >= 11 is 1.41. The highest BCUT2D eigenvalue weighted by Crippen LogP contribution is 2.31. The van der Waals surface area contributed by atoms with Gasteiger partial charge >= 0.3 is 0 Å². The number of aromatic amines is 1. The molecular weight excluding hydrogens is 310 g/mol. The summed E-state index contributed by atoms with van der Waals surface area (Å²) in [5, 5.41) is 12.3. The highest BCUT2D eigenvalue weighted by molar-refractivity contribution is 7.12. The lowest BCUT2D eigenvalue weighted by molar-refractivity contribution is 0.103. The lowest BCUT2D eigenvalue weighted by Gasteiger charge is -2.08. The summed E-state index contributed by atoms with van der Waals surface area (Å²) in [6.07, 6.45) is 0.747. The van der Waals surface area contributed by atoms with Gasteiger partial charge in [-0.15, -0.1) is 11.3 Å². The lowest BCUT2D eigenvalue weighted by atomic mass is 10.1. The fourth-order valence-electron chi connectivity index (χ4n) is 2.33. The van der Waals surface area contributed by atoms with E-state index in [4.69, 9.17) is 4.74 Å². The van der Waals surface area contributed by atoms with Crippen LogP contribution in [0.5, 0.6) is 5.75 Å². The number of thiophene rings is 1. The summed E-state index contributed by atoms with van der Waals surface area (Å²) in [4.78, 5) is 13.1. The van der Waals surface area contributed by atoms with Gasteiger partial charge in [-0.1, -0.05) is 25.1 Å². The Hall–Kier alpha value is -2.60. The minimum absolute atomic E-state index is 0.125. The monoisotopic (exact) mass is 327 g/mol.